The lowest BCUT2D eigenvalue weighted by Crippen LogP contribution is -2.42. The number of fused-ring (bicyclic) bond motifs is 4. The van der Waals surface area contributed by atoms with Crippen LogP contribution in [-0.2, 0) is 9.72 Å². The molecule has 5 aromatic rings. The fourth-order valence-electron chi connectivity index (χ4n) is 7.23. The summed E-state index contributed by atoms with van der Waals surface area (Å²) < 4.78 is 18.7. The molecule has 2 unspecified atom stereocenters. The number of halogens is 1. The topological polar surface area (TPSA) is 40.5 Å². The van der Waals surface area contributed by atoms with Gasteiger partial charge in [0.15, 0.2) is 7.29 Å². The third-order valence-corrected chi connectivity index (χ3v) is 13.1. The van der Waals surface area contributed by atoms with E-state index in [1.165, 1.54) is 0 Å². The first kappa shape index (κ1) is 25.5. The number of hydrogen-bond acceptors (Lipinski definition) is 2. The van der Waals surface area contributed by atoms with Crippen molar-refractivity contribution in [3.8, 4) is 0 Å². The van der Waals surface area contributed by atoms with Gasteiger partial charge in [-0.15, -0.1) is 0 Å². The van der Waals surface area contributed by atoms with Crippen molar-refractivity contribution >= 4 is 41.0 Å². The largest absolute Gasteiger partial charge is 0.387 e. The molecule has 5 heteroatoms. The van der Waals surface area contributed by atoms with E-state index in [0.29, 0.717) is 10.6 Å². The molecule has 7 rings (SSSR count). The van der Waals surface area contributed by atoms with Crippen LogP contribution in [0, 0.1) is 5.92 Å². The molecule has 1 aliphatic carbocycles. The summed E-state index contributed by atoms with van der Waals surface area (Å²) >= 11 is 6.28. The van der Waals surface area contributed by atoms with E-state index in [0.717, 1.165) is 32.8 Å². The second-order valence-electron chi connectivity index (χ2n) is 10.8. The Labute approximate surface area is 239 Å². The monoisotopic (exact) mass is 561 g/mol. The average molecular weight is 562 g/mol. The van der Waals surface area contributed by atoms with Crippen molar-refractivity contribution in [3.63, 3.8) is 0 Å². The molecule has 0 saturated carbocycles. The van der Waals surface area contributed by atoms with E-state index in [4.69, 9.17) is 11.6 Å². The van der Waals surface area contributed by atoms with Crippen LogP contribution in [-0.4, -0.2) is 16.8 Å². The molecule has 0 radical (unpaired) electrons. The molecule has 1 saturated heterocycles. The van der Waals surface area contributed by atoms with Gasteiger partial charge in [-0.1, -0.05) is 127 Å². The first-order chi connectivity index (χ1) is 19.5. The number of aliphatic hydroxyl groups excluding tert-OH is 1. The van der Waals surface area contributed by atoms with Crippen LogP contribution >= 0.6 is 18.9 Å². The molecule has 2 aliphatic rings. The van der Waals surface area contributed by atoms with Gasteiger partial charge in [0.25, 0.3) is 0 Å². The summed E-state index contributed by atoms with van der Waals surface area (Å²) in [7, 11) is -1.63. The van der Waals surface area contributed by atoms with Crippen molar-refractivity contribution in [1.82, 2.24) is 4.67 Å². The summed E-state index contributed by atoms with van der Waals surface area (Å²) in [6.07, 6.45) is 3.25. The Morgan fingerprint density at radius 3 is 2.30 bits per heavy atom. The summed E-state index contributed by atoms with van der Waals surface area (Å²) in [6, 6.07) is 39.7. The molecule has 1 fully saturated rings. The quantitative estimate of drug-likeness (QED) is 0.224. The number of benzene rings is 5. The molecule has 0 spiro atoms. The molecule has 1 heterocycles. The molecule has 0 bridgehead atoms. The third-order valence-electron chi connectivity index (χ3n) is 8.91. The fourth-order valence-corrected chi connectivity index (χ4v) is 11.7. The SMILES string of the molecule is CN1[C@@H](c2ccccc2)[C@H]2C=Cc3ccccc3[C@@]2(C(O)c2ccc(Cl)cc2)P1(=O)c1cccc2ccccc12. The van der Waals surface area contributed by atoms with E-state index in [1.54, 1.807) is 12.1 Å². The zero-order chi connectivity index (χ0) is 27.5. The average Bonchev–Trinajstić information content (AvgIpc) is 3.21. The van der Waals surface area contributed by atoms with Crippen LogP contribution in [0.15, 0.2) is 127 Å². The Balaban J connectivity index is 1.63. The second kappa shape index (κ2) is 9.58. The van der Waals surface area contributed by atoms with Crippen LogP contribution in [0.25, 0.3) is 16.8 Å². The molecule has 0 amide bonds. The summed E-state index contributed by atoms with van der Waals surface area (Å²) in [5.41, 5.74) is 3.66. The van der Waals surface area contributed by atoms with Crippen LogP contribution in [0.1, 0.15) is 34.4 Å². The molecule has 40 heavy (non-hydrogen) atoms. The van der Waals surface area contributed by atoms with Crippen LogP contribution < -0.4 is 5.30 Å². The minimum absolute atomic E-state index is 0.224. The Bertz CT molecular complexity index is 1800. The third kappa shape index (κ3) is 3.42. The molecular weight excluding hydrogens is 533 g/mol. The minimum Gasteiger partial charge on any atom is -0.387 e. The van der Waals surface area contributed by atoms with Crippen molar-refractivity contribution in [2.45, 2.75) is 17.3 Å². The lowest BCUT2D eigenvalue weighted by atomic mass is 9.69. The van der Waals surface area contributed by atoms with Crippen molar-refractivity contribution < 1.29 is 9.67 Å². The standard InChI is InChI=1S/C35H29ClNO2P/c1-37-33(26-12-3-2-4-13-26)31-23-20-25-11-6-8-16-30(25)35(31,34(38)27-18-21-28(36)22-19-27)40(37,39)32-17-9-14-24-10-5-7-15-29(24)32/h2-23,31,33-34,38H,1H3/t31-,33+,34?,35-,40?/m1/s1. The number of hydrogen-bond donors (Lipinski definition) is 1. The van der Waals surface area contributed by atoms with Crippen molar-refractivity contribution in [3.05, 3.63) is 155 Å². The highest BCUT2D eigenvalue weighted by molar-refractivity contribution is 7.71. The predicted molar refractivity (Wildman–Crippen MR) is 165 cm³/mol. The van der Waals surface area contributed by atoms with Crippen LogP contribution in [0.5, 0.6) is 0 Å². The highest BCUT2D eigenvalue weighted by atomic mass is 35.5. The normalized spacial score (nSPS) is 26.4. The molecule has 0 aromatic heterocycles. The lowest BCUT2D eigenvalue weighted by molar-refractivity contribution is 0.0981. The molecule has 198 valence electrons. The van der Waals surface area contributed by atoms with Gasteiger partial charge in [-0.2, -0.15) is 0 Å². The van der Waals surface area contributed by atoms with E-state index in [-0.39, 0.29) is 12.0 Å². The maximum Gasteiger partial charge on any atom is 0.193 e. The predicted octanol–water partition coefficient (Wildman–Crippen LogP) is 8.36. The second-order valence-corrected chi connectivity index (χ2v) is 14.2. The molecule has 5 aromatic carbocycles. The summed E-state index contributed by atoms with van der Waals surface area (Å²) in [6.45, 7) is 0. The van der Waals surface area contributed by atoms with Gasteiger partial charge in [-0.3, -0.25) is 0 Å². The van der Waals surface area contributed by atoms with Gasteiger partial charge < -0.3 is 9.67 Å². The van der Waals surface area contributed by atoms with Crippen LogP contribution in [0.2, 0.25) is 5.02 Å². The smallest absolute Gasteiger partial charge is 0.193 e. The zero-order valence-corrected chi connectivity index (χ0v) is 23.7. The maximum atomic E-state index is 16.6. The number of rotatable bonds is 4. The van der Waals surface area contributed by atoms with E-state index < -0.39 is 18.6 Å². The summed E-state index contributed by atoms with van der Waals surface area (Å²) in [4.78, 5) is 0. The van der Waals surface area contributed by atoms with E-state index in [2.05, 4.69) is 59.3 Å². The minimum atomic E-state index is -3.61. The van der Waals surface area contributed by atoms with Gasteiger partial charge in [-0.05, 0) is 58.3 Å². The van der Waals surface area contributed by atoms with Gasteiger partial charge in [0.1, 0.15) is 5.16 Å². The van der Waals surface area contributed by atoms with Crippen molar-refractivity contribution in [1.29, 1.82) is 0 Å². The van der Waals surface area contributed by atoms with Gasteiger partial charge in [0.05, 0.1) is 6.10 Å². The Hall–Kier alpha value is -3.46. The van der Waals surface area contributed by atoms with E-state index >= 15 is 4.57 Å². The van der Waals surface area contributed by atoms with E-state index in [9.17, 15) is 5.11 Å². The van der Waals surface area contributed by atoms with Crippen LogP contribution in [0.3, 0.4) is 0 Å². The first-order valence-corrected chi connectivity index (χ1v) is 15.6. The maximum absolute atomic E-state index is 16.6. The van der Waals surface area contributed by atoms with Gasteiger partial charge in [0, 0.05) is 22.3 Å². The molecule has 1 N–H and O–H groups in total. The van der Waals surface area contributed by atoms with Gasteiger partial charge >= 0.3 is 0 Å². The highest BCUT2D eigenvalue weighted by Gasteiger charge is 2.70. The fraction of sp³-hybridized carbons (Fsp3) is 0.143. The van der Waals surface area contributed by atoms with Gasteiger partial charge in [0.2, 0.25) is 0 Å². The van der Waals surface area contributed by atoms with Gasteiger partial charge in [-0.25, -0.2) is 4.67 Å². The van der Waals surface area contributed by atoms with E-state index in [1.807, 2.05) is 73.8 Å². The summed E-state index contributed by atoms with van der Waals surface area (Å²) in [5, 5.41) is 14.9. The summed E-state index contributed by atoms with van der Waals surface area (Å²) in [5.74, 6) is -0.273. The van der Waals surface area contributed by atoms with Crippen molar-refractivity contribution in [2.75, 3.05) is 7.05 Å². The molecule has 1 aliphatic heterocycles. The Kier molecular flexibility index (Phi) is 6.11. The number of nitrogens with zero attached hydrogens (tertiary/aromatic N) is 1. The number of aliphatic hydroxyl groups is 1. The Morgan fingerprint density at radius 2 is 1.50 bits per heavy atom. The Morgan fingerprint density at radius 1 is 0.825 bits per heavy atom. The highest BCUT2D eigenvalue weighted by Crippen LogP contribution is 2.81. The zero-order valence-electron chi connectivity index (χ0n) is 22.1. The van der Waals surface area contributed by atoms with Crippen LogP contribution in [0.4, 0.5) is 0 Å². The first-order valence-electron chi connectivity index (χ1n) is 13.6. The molecule has 5 atom stereocenters. The van der Waals surface area contributed by atoms with Crippen molar-refractivity contribution in [2.24, 2.45) is 5.92 Å². The lowest BCUT2D eigenvalue weighted by Gasteiger charge is -2.46. The molecule has 3 nitrogen and oxygen atoms in total. The molecular formula is C35H29ClNO2P.